The van der Waals surface area contributed by atoms with Crippen LogP contribution in [0.3, 0.4) is 0 Å². The van der Waals surface area contributed by atoms with Gasteiger partial charge in [0.1, 0.15) is 17.8 Å². The second kappa shape index (κ2) is 21.6. The number of nitrogens with one attached hydrogen (secondary N) is 3. The highest BCUT2D eigenvalue weighted by Gasteiger charge is 2.28. The van der Waals surface area contributed by atoms with Crippen LogP contribution < -0.4 is 21.4 Å². The van der Waals surface area contributed by atoms with E-state index in [1.807, 2.05) is 11.5 Å². The number of fused-ring (bicyclic) bond motifs is 1. The molecular weight excluding hydrogens is 580 g/mol. The number of hydrogen-bond acceptors (Lipinski definition) is 9. The molecule has 250 valence electrons. The average molecular weight is 631 g/mol. The minimum absolute atomic E-state index is 0.0290. The Hall–Kier alpha value is -4.09. The molecule has 12 heteroatoms. The van der Waals surface area contributed by atoms with Crippen molar-refractivity contribution in [3.63, 3.8) is 0 Å². The zero-order chi connectivity index (χ0) is 33.8. The highest BCUT2D eigenvalue weighted by Crippen LogP contribution is 2.17. The Morgan fingerprint density at radius 1 is 0.867 bits per heavy atom. The Morgan fingerprint density at radius 3 is 2.11 bits per heavy atom. The van der Waals surface area contributed by atoms with E-state index in [2.05, 4.69) is 41.5 Å². The van der Waals surface area contributed by atoms with Crippen LogP contribution in [0.15, 0.2) is 22.6 Å². The molecule has 0 atom stereocenters. The number of imide groups is 2. The molecule has 0 aliphatic carbocycles. The molecule has 1 aromatic rings. The Balaban J connectivity index is 0.000000364. The quantitative estimate of drug-likeness (QED) is 0.114. The first kappa shape index (κ1) is 38.9. The van der Waals surface area contributed by atoms with Crippen molar-refractivity contribution >= 4 is 35.4 Å². The van der Waals surface area contributed by atoms with Crippen LogP contribution in [0.4, 0.5) is 0 Å². The number of nitrogens with zero attached hydrogens (tertiary/aromatic N) is 1. The molecule has 1 aromatic heterocycles. The normalized spacial score (nSPS) is 13.6. The molecule has 0 bridgehead atoms. The number of unbranched alkanes of at least 4 members (excludes halogenated alkanes) is 4. The number of hydrogen-bond donors (Lipinski definition) is 3. The van der Waals surface area contributed by atoms with Gasteiger partial charge in [-0.05, 0) is 32.1 Å². The third-order valence-electron chi connectivity index (χ3n) is 7.01. The van der Waals surface area contributed by atoms with Crippen molar-refractivity contribution in [1.29, 1.82) is 0 Å². The van der Waals surface area contributed by atoms with Crippen molar-refractivity contribution in [3.8, 4) is 0 Å². The highest BCUT2D eigenvalue weighted by atomic mass is 16.5. The summed E-state index contributed by atoms with van der Waals surface area (Å²) in [5, 5.41) is 7.50. The molecule has 0 unspecified atom stereocenters. The standard InChI is InChI=1S/C16H22N2O3.C9H14N2O2.C8H14O3/c1-3-5-7-11-9-13(19)15-12(18(11)8-6-4-2)10-14(20)17-16(15)21;1-2-3-4-10-7-5-8(12)11-9(13)6-7;1-3-4-5-7(9)6-8(10)11-2/h9H,3-8,10H2,1-2H3,(H,17,20,21);5,10H,2-4,6H2,1H3,(H,11,12,13);3-6H2,1-2H3. The molecule has 3 N–H and O–H groups in total. The maximum atomic E-state index is 12.2. The zero-order valence-electron chi connectivity index (χ0n) is 27.5. The number of ketones is 1. The molecule has 2 aliphatic heterocycles. The molecule has 12 nitrogen and oxygen atoms in total. The Morgan fingerprint density at radius 2 is 1.51 bits per heavy atom. The van der Waals surface area contributed by atoms with E-state index in [1.165, 1.54) is 13.2 Å². The molecule has 0 radical (unpaired) electrons. The zero-order valence-corrected chi connectivity index (χ0v) is 27.5. The van der Waals surface area contributed by atoms with Gasteiger partial charge in [-0.15, -0.1) is 0 Å². The van der Waals surface area contributed by atoms with Crippen LogP contribution in [0, 0.1) is 0 Å². The van der Waals surface area contributed by atoms with Crippen LogP contribution in [0.25, 0.3) is 0 Å². The molecular formula is C33H50N4O8. The number of aromatic nitrogens is 1. The summed E-state index contributed by atoms with van der Waals surface area (Å²) in [6, 6.07) is 1.57. The minimum atomic E-state index is -0.557. The first-order valence-corrected chi connectivity index (χ1v) is 16.0. The van der Waals surface area contributed by atoms with Crippen LogP contribution in [-0.4, -0.2) is 53.6 Å². The molecule has 3 rings (SSSR count). The number of amides is 4. The van der Waals surface area contributed by atoms with Gasteiger partial charge in [0, 0.05) is 48.7 Å². The van der Waals surface area contributed by atoms with Gasteiger partial charge in [0.25, 0.3) is 11.8 Å². The predicted molar refractivity (Wildman–Crippen MR) is 170 cm³/mol. The van der Waals surface area contributed by atoms with Crippen LogP contribution in [-0.2, 0) is 48.1 Å². The second-order valence-electron chi connectivity index (χ2n) is 10.9. The summed E-state index contributed by atoms with van der Waals surface area (Å²) >= 11 is 0. The molecule has 45 heavy (non-hydrogen) atoms. The molecule has 4 amide bonds. The van der Waals surface area contributed by atoms with Gasteiger partial charge in [-0.25, -0.2) is 0 Å². The lowest BCUT2D eigenvalue weighted by atomic mass is 10.0. The summed E-state index contributed by atoms with van der Waals surface area (Å²) in [5.41, 5.74) is 2.13. The SMILES string of the molecule is CCCCC(=O)CC(=O)OC.CCCCNC1=CC(=O)NC(=O)C1.CCCCc1cc(=O)c2c(n1CCCC)CC(=O)NC2=O. The van der Waals surface area contributed by atoms with Crippen molar-refractivity contribution in [2.45, 2.75) is 118 Å². The fraction of sp³-hybridized carbons (Fsp3) is 0.606. The van der Waals surface area contributed by atoms with Crippen molar-refractivity contribution < 1.29 is 33.5 Å². The number of pyridine rings is 1. The van der Waals surface area contributed by atoms with E-state index in [0.717, 1.165) is 82.3 Å². The average Bonchev–Trinajstić information content (AvgIpc) is 2.98. The van der Waals surface area contributed by atoms with Crippen molar-refractivity contribution in [3.05, 3.63) is 45.0 Å². The fourth-order valence-corrected chi connectivity index (χ4v) is 4.56. The summed E-state index contributed by atoms with van der Waals surface area (Å²) in [4.78, 5) is 79.0. The van der Waals surface area contributed by atoms with Gasteiger partial charge in [0.2, 0.25) is 11.8 Å². The van der Waals surface area contributed by atoms with E-state index in [9.17, 15) is 33.6 Å². The topological polar surface area (TPSA) is 170 Å². The van der Waals surface area contributed by atoms with E-state index < -0.39 is 11.9 Å². The van der Waals surface area contributed by atoms with E-state index in [-0.39, 0.29) is 53.8 Å². The van der Waals surface area contributed by atoms with E-state index >= 15 is 0 Å². The summed E-state index contributed by atoms with van der Waals surface area (Å²) in [5.74, 6) is -1.91. The van der Waals surface area contributed by atoms with Crippen LogP contribution in [0.5, 0.6) is 0 Å². The van der Waals surface area contributed by atoms with Crippen molar-refractivity contribution in [2.75, 3.05) is 13.7 Å². The highest BCUT2D eigenvalue weighted by molar-refractivity contribution is 6.09. The lowest BCUT2D eigenvalue weighted by molar-refractivity contribution is -0.143. The van der Waals surface area contributed by atoms with E-state index in [4.69, 9.17) is 0 Å². The molecule has 0 saturated carbocycles. The Kier molecular flexibility index (Phi) is 18.7. The number of ether oxygens (including phenoxy) is 1. The molecule has 3 heterocycles. The first-order chi connectivity index (χ1) is 21.5. The van der Waals surface area contributed by atoms with E-state index in [0.29, 0.717) is 12.1 Å². The summed E-state index contributed by atoms with van der Waals surface area (Å²) in [6.07, 6.45) is 11.1. The maximum Gasteiger partial charge on any atom is 0.313 e. The third-order valence-corrected chi connectivity index (χ3v) is 7.01. The lowest BCUT2D eigenvalue weighted by Crippen LogP contribution is -2.43. The van der Waals surface area contributed by atoms with E-state index in [1.54, 1.807) is 6.07 Å². The number of rotatable bonds is 15. The lowest BCUT2D eigenvalue weighted by Gasteiger charge is -2.23. The van der Waals surface area contributed by atoms with Gasteiger partial charge >= 0.3 is 5.97 Å². The molecule has 0 spiro atoms. The van der Waals surface area contributed by atoms with Crippen molar-refractivity contribution in [1.82, 2.24) is 20.5 Å². The number of esters is 1. The van der Waals surface area contributed by atoms with Crippen molar-refractivity contribution in [2.24, 2.45) is 0 Å². The Bertz CT molecular complexity index is 1280. The maximum absolute atomic E-state index is 12.2. The number of aryl methyl sites for hydroxylation is 1. The van der Waals surface area contributed by atoms with Gasteiger partial charge in [0.05, 0.1) is 20.0 Å². The van der Waals surface area contributed by atoms with Crippen LogP contribution in [0.1, 0.15) is 120 Å². The second-order valence-corrected chi connectivity index (χ2v) is 10.9. The third kappa shape index (κ3) is 14.5. The van der Waals surface area contributed by atoms with Crippen LogP contribution >= 0.6 is 0 Å². The Labute approximate surface area is 265 Å². The minimum Gasteiger partial charge on any atom is -0.469 e. The van der Waals surface area contributed by atoms with Gasteiger partial charge in [-0.2, -0.15) is 0 Å². The van der Waals surface area contributed by atoms with Gasteiger partial charge in [0.15, 0.2) is 5.43 Å². The van der Waals surface area contributed by atoms with Gasteiger partial charge in [-0.3, -0.25) is 44.2 Å². The molecule has 2 aliphatic rings. The summed E-state index contributed by atoms with van der Waals surface area (Å²) < 4.78 is 6.36. The molecule has 0 fully saturated rings. The number of carbonyl (C=O) groups is 6. The van der Waals surface area contributed by atoms with Gasteiger partial charge in [-0.1, -0.05) is 53.4 Å². The predicted octanol–water partition coefficient (Wildman–Crippen LogP) is 3.42. The monoisotopic (exact) mass is 630 g/mol. The largest absolute Gasteiger partial charge is 0.469 e. The summed E-state index contributed by atoms with van der Waals surface area (Å²) in [6.45, 7) is 9.87. The molecule has 0 aromatic carbocycles. The van der Waals surface area contributed by atoms with Gasteiger partial charge < -0.3 is 14.6 Å². The molecule has 0 saturated heterocycles. The smallest absolute Gasteiger partial charge is 0.313 e. The van der Waals surface area contributed by atoms with Crippen LogP contribution in [0.2, 0.25) is 0 Å². The number of methoxy groups -OCH3 is 1. The number of carbonyl (C=O) groups excluding carboxylic acids is 6. The summed E-state index contributed by atoms with van der Waals surface area (Å²) in [7, 11) is 1.29. The first-order valence-electron chi connectivity index (χ1n) is 16.0. The fourth-order valence-electron chi connectivity index (χ4n) is 4.56. The number of Topliss-reactive ketones (excluding diaryl/α,β-unsaturated/α-hetero) is 1.